The number of esters is 3. The van der Waals surface area contributed by atoms with Gasteiger partial charge in [0.05, 0.1) is 0 Å². The van der Waals surface area contributed by atoms with E-state index in [0.29, 0.717) is 19.3 Å². The SMILES string of the molecule is CC/C=C\C/C=C\C/C=C\CCCCCCCC(=O)OC(COC(=O)CCCCCCCCCCC)COC(=O)CCCCCCCCCCCC/C=C\C/C=C\C/C=C\CCCCCCC. The van der Waals surface area contributed by atoms with Crippen LogP contribution in [0.25, 0.3) is 0 Å². The summed E-state index contributed by atoms with van der Waals surface area (Å²) in [6, 6.07) is 0. The highest BCUT2D eigenvalue weighted by Crippen LogP contribution is 2.15. The molecule has 6 heteroatoms. The van der Waals surface area contributed by atoms with Crippen LogP contribution in [0.4, 0.5) is 0 Å². The van der Waals surface area contributed by atoms with Gasteiger partial charge in [-0.2, -0.15) is 0 Å². The van der Waals surface area contributed by atoms with Gasteiger partial charge in [-0.25, -0.2) is 0 Å². The molecule has 0 heterocycles. The Hall–Kier alpha value is -3.15. The standard InChI is InChI=1S/C61H106O6/c1-4-7-10-13-16-19-21-23-25-26-27-28-29-30-31-32-33-34-36-37-39-42-45-48-51-54-60(63)66-57-58(56-65-59(62)53-50-47-44-41-18-15-12-9-6-3)67-61(64)55-52-49-46-43-40-38-35-24-22-20-17-14-11-8-5-2/h8,11,17,20-21,23-24,26-27,29-30,35,58H,4-7,9-10,12-16,18-19,22,25,28,31-34,36-57H2,1-3H3/b11-8-,20-17-,23-21-,27-26-,30-29-,35-24-. The molecule has 0 aliphatic rings. The summed E-state index contributed by atoms with van der Waals surface area (Å²) in [6.45, 7) is 6.49. The van der Waals surface area contributed by atoms with Gasteiger partial charge < -0.3 is 14.2 Å². The summed E-state index contributed by atoms with van der Waals surface area (Å²) >= 11 is 0. The highest BCUT2D eigenvalue weighted by atomic mass is 16.6. The van der Waals surface area contributed by atoms with Gasteiger partial charge in [-0.05, 0) is 89.9 Å². The number of rotatable bonds is 51. The zero-order valence-electron chi connectivity index (χ0n) is 44.2. The van der Waals surface area contributed by atoms with Crippen molar-refractivity contribution in [3.63, 3.8) is 0 Å². The highest BCUT2D eigenvalue weighted by Gasteiger charge is 2.19. The van der Waals surface area contributed by atoms with Crippen molar-refractivity contribution in [2.75, 3.05) is 13.2 Å². The minimum Gasteiger partial charge on any atom is -0.462 e. The first-order valence-electron chi connectivity index (χ1n) is 28.4. The Morgan fingerprint density at radius 3 is 0.910 bits per heavy atom. The quantitative estimate of drug-likeness (QED) is 0.0262. The second-order valence-corrected chi connectivity index (χ2v) is 18.8. The van der Waals surface area contributed by atoms with Gasteiger partial charge in [-0.1, -0.05) is 241 Å². The largest absolute Gasteiger partial charge is 0.462 e. The molecular formula is C61H106O6. The molecule has 0 aromatic carbocycles. The summed E-state index contributed by atoms with van der Waals surface area (Å²) < 4.78 is 16.8. The van der Waals surface area contributed by atoms with E-state index >= 15 is 0 Å². The third-order valence-corrected chi connectivity index (χ3v) is 12.2. The zero-order chi connectivity index (χ0) is 48.6. The van der Waals surface area contributed by atoms with Crippen molar-refractivity contribution in [1.82, 2.24) is 0 Å². The average Bonchev–Trinajstić information content (AvgIpc) is 3.33. The molecule has 67 heavy (non-hydrogen) atoms. The third-order valence-electron chi connectivity index (χ3n) is 12.2. The van der Waals surface area contributed by atoms with Crippen molar-refractivity contribution in [3.05, 3.63) is 72.9 Å². The fourth-order valence-corrected chi connectivity index (χ4v) is 7.93. The van der Waals surface area contributed by atoms with Crippen molar-refractivity contribution in [3.8, 4) is 0 Å². The van der Waals surface area contributed by atoms with E-state index in [1.54, 1.807) is 0 Å². The average molecular weight is 936 g/mol. The fraction of sp³-hybridized carbons (Fsp3) is 0.754. The second kappa shape index (κ2) is 55.4. The molecule has 0 amide bonds. The molecular weight excluding hydrogens is 829 g/mol. The van der Waals surface area contributed by atoms with E-state index in [2.05, 4.69) is 93.7 Å². The van der Waals surface area contributed by atoms with E-state index in [4.69, 9.17) is 14.2 Å². The Balaban J connectivity index is 4.24. The van der Waals surface area contributed by atoms with Crippen molar-refractivity contribution in [1.29, 1.82) is 0 Å². The lowest BCUT2D eigenvalue weighted by atomic mass is 10.1. The van der Waals surface area contributed by atoms with Crippen LogP contribution >= 0.6 is 0 Å². The van der Waals surface area contributed by atoms with Crippen LogP contribution in [0.5, 0.6) is 0 Å². The topological polar surface area (TPSA) is 78.9 Å². The van der Waals surface area contributed by atoms with Crippen LogP contribution in [0.3, 0.4) is 0 Å². The van der Waals surface area contributed by atoms with Crippen molar-refractivity contribution in [2.45, 2.75) is 284 Å². The van der Waals surface area contributed by atoms with Gasteiger partial charge in [0.1, 0.15) is 13.2 Å². The molecule has 0 aliphatic carbocycles. The van der Waals surface area contributed by atoms with E-state index in [9.17, 15) is 14.4 Å². The Bertz CT molecular complexity index is 1260. The molecule has 0 rings (SSSR count). The maximum absolute atomic E-state index is 12.8. The number of hydrogen-bond acceptors (Lipinski definition) is 6. The van der Waals surface area contributed by atoms with E-state index < -0.39 is 6.10 Å². The number of ether oxygens (including phenoxy) is 3. The first-order valence-corrected chi connectivity index (χ1v) is 28.4. The number of carbonyl (C=O) groups excluding carboxylic acids is 3. The molecule has 0 saturated carbocycles. The normalized spacial score (nSPS) is 12.6. The molecule has 0 aromatic rings. The van der Waals surface area contributed by atoms with E-state index in [0.717, 1.165) is 109 Å². The maximum Gasteiger partial charge on any atom is 0.306 e. The first-order chi connectivity index (χ1) is 33.0. The minimum atomic E-state index is -0.783. The Labute approximate surface area is 414 Å². The number of carbonyl (C=O) groups is 3. The third kappa shape index (κ3) is 53.7. The summed E-state index contributed by atoms with van der Waals surface area (Å²) in [5, 5.41) is 0. The molecule has 0 aromatic heterocycles. The molecule has 1 atom stereocenters. The van der Waals surface area contributed by atoms with E-state index in [1.165, 1.54) is 128 Å². The Kier molecular flexibility index (Phi) is 52.8. The van der Waals surface area contributed by atoms with Gasteiger partial charge in [0.15, 0.2) is 6.10 Å². The molecule has 1 unspecified atom stereocenters. The second-order valence-electron chi connectivity index (χ2n) is 18.8. The molecule has 0 bridgehead atoms. The molecule has 0 N–H and O–H groups in total. The summed E-state index contributed by atoms with van der Waals surface area (Å²) in [7, 11) is 0. The minimum absolute atomic E-state index is 0.0822. The van der Waals surface area contributed by atoms with Crippen molar-refractivity contribution < 1.29 is 28.6 Å². The Morgan fingerprint density at radius 2 is 0.582 bits per heavy atom. The summed E-state index contributed by atoms with van der Waals surface area (Å²) in [4.78, 5) is 38.0. The van der Waals surface area contributed by atoms with Crippen LogP contribution < -0.4 is 0 Å². The smallest absolute Gasteiger partial charge is 0.306 e. The lowest BCUT2D eigenvalue weighted by Crippen LogP contribution is -2.30. The maximum atomic E-state index is 12.8. The summed E-state index contributed by atoms with van der Waals surface area (Å²) in [5.41, 5.74) is 0. The van der Waals surface area contributed by atoms with Crippen LogP contribution in [0.2, 0.25) is 0 Å². The molecule has 0 saturated heterocycles. The summed E-state index contributed by atoms with van der Waals surface area (Å²) in [5.74, 6) is -0.900. The molecule has 386 valence electrons. The predicted octanol–water partition coefficient (Wildman–Crippen LogP) is 19.0. The van der Waals surface area contributed by atoms with Crippen LogP contribution in [0.15, 0.2) is 72.9 Å². The van der Waals surface area contributed by atoms with E-state index in [-0.39, 0.29) is 31.1 Å². The molecule has 0 spiro atoms. The van der Waals surface area contributed by atoms with Gasteiger partial charge in [-0.3, -0.25) is 14.4 Å². The van der Waals surface area contributed by atoms with Crippen LogP contribution in [-0.4, -0.2) is 37.2 Å². The van der Waals surface area contributed by atoms with Gasteiger partial charge in [0.25, 0.3) is 0 Å². The molecule has 6 nitrogen and oxygen atoms in total. The van der Waals surface area contributed by atoms with E-state index in [1.807, 2.05) is 0 Å². The van der Waals surface area contributed by atoms with Crippen LogP contribution in [0.1, 0.15) is 278 Å². The zero-order valence-corrected chi connectivity index (χ0v) is 44.2. The summed E-state index contributed by atoms with van der Waals surface area (Å²) in [6.07, 6.45) is 70.5. The molecule has 0 radical (unpaired) electrons. The monoisotopic (exact) mass is 935 g/mol. The molecule has 0 fully saturated rings. The van der Waals surface area contributed by atoms with Gasteiger partial charge >= 0.3 is 17.9 Å². The van der Waals surface area contributed by atoms with Gasteiger partial charge in [0.2, 0.25) is 0 Å². The van der Waals surface area contributed by atoms with Crippen molar-refractivity contribution in [2.24, 2.45) is 0 Å². The van der Waals surface area contributed by atoms with Crippen LogP contribution in [0, 0.1) is 0 Å². The van der Waals surface area contributed by atoms with Crippen molar-refractivity contribution >= 4 is 17.9 Å². The Morgan fingerprint density at radius 1 is 0.313 bits per heavy atom. The van der Waals surface area contributed by atoms with Crippen LogP contribution in [-0.2, 0) is 28.6 Å². The van der Waals surface area contributed by atoms with Gasteiger partial charge in [0, 0.05) is 19.3 Å². The molecule has 0 aliphatic heterocycles. The first kappa shape index (κ1) is 63.8. The number of allylic oxidation sites excluding steroid dienone is 12. The number of hydrogen-bond donors (Lipinski definition) is 0. The highest BCUT2D eigenvalue weighted by molar-refractivity contribution is 5.71. The lowest BCUT2D eigenvalue weighted by molar-refractivity contribution is -0.167. The fourth-order valence-electron chi connectivity index (χ4n) is 7.93. The van der Waals surface area contributed by atoms with Gasteiger partial charge in [-0.15, -0.1) is 0 Å². The predicted molar refractivity (Wildman–Crippen MR) is 288 cm³/mol. The lowest BCUT2D eigenvalue weighted by Gasteiger charge is -2.18. The number of unbranched alkanes of at least 4 members (excludes halogenated alkanes) is 28.